The summed E-state index contributed by atoms with van der Waals surface area (Å²) in [5, 5.41) is 15.6. The van der Waals surface area contributed by atoms with Crippen LogP contribution in [-0.4, -0.2) is 58.4 Å². The van der Waals surface area contributed by atoms with Crippen molar-refractivity contribution in [1.82, 2.24) is 9.97 Å². The van der Waals surface area contributed by atoms with E-state index in [-0.39, 0.29) is 63.6 Å². The van der Waals surface area contributed by atoms with Crippen LogP contribution in [0.3, 0.4) is 0 Å². The van der Waals surface area contributed by atoms with Crippen LogP contribution in [0.4, 0.5) is 11.6 Å². The molecule has 4 heterocycles. The molecule has 2 aromatic heterocycles. The molecule has 2 aliphatic rings. The molecular weight excluding hydrogens is 547 g/mol. The van der Waals surface area contributed by atoms with Crippen molar-refractivity contribution < 1.29 is 24.2 Å². The molecule has 2 aliphatic heterocycles. The number of fused-ring (bicyclic) bond motifs is 2. The van der Waals surface area contributed by atoms with Gasteiger partial charge in [-0.05, 0) is 31.4 Å². The zero-order valence-electron chi connectivity index (χ0n) is 19.6. The zero-order valence-corrected chi connectivity index (χ0v) is 23.2. The van der Waals surface area contributed by atoms with Gasteiger partial charge in [-0.15, -0.1) is 0 Å². The van der Waals surface area contributed by atoms with Crippen molar-refractivity contribution in [3.63, 3.8) is 0 Å². The summed E-state index contributed by atoms with van der Waals surface area (Å²) in [5.41, 5.74) is 1.72. The summed E-state index contributed by atoms with van der Waals surface area (Å²) < 4.78 is 4.55. The molecule has 0 spiro atoms. The number of carbonyl (C=O) groups excluding carboxylic acids is 3. The molecular formula is C23H30Cl2N4O5S2. The zero-order chi connectivity index (χ0) is 24.7. The number of esters is 1. The third kappa shape index (κ3) is 8.81. The molecule has 0 bridgehead atoms. The summed E-state index contributed by atoms with van der Waals surface area (Å²) in [5.74, 6) is 1.18. The number of aromatic nitrogens is 2. The second-order valence-electron chi connectivity index (χ2n) is 7.94. The Hall–Kier alpha value is -2.05. The third-order valence-electron chi connectivity index (χ3n) is 5.53. The lowest BCUT2D eigenvalue weighted by molar-refractivity contribution is -0.140. The molecule has 2 aromatic rings. The molecule has 0 fully saturated rings. The molecule has 0 amide bonds. The highest BCUT2D eigenvalue weighted by molar-refractivity contribution is 7.59. The molecule has 2 atom stereocenters. The van der Waals surface area contributed by atoms with Gasteiger partial charge in [-0.2, -0.15) is 27.0 Å². The third-order valence-corrected chi connectivity index (χ3v) is 5.95. The topological polar surface area (TPSA) is 131 Å². The fraction of sp³-hybridized carbons (Fsp3) is 0.435. The maximum atomic E-state index is 11.9. The number of nitrogens with zero attached hydrogens (tertiary/aromatic N) is 2. The maximum absolute atomic E-state index is 11.9. The number of rotatable bonds is 6. The molecule has 0 saturated carbocycles. The first-order valence-electron chi connectivity index (χ1n) is 10.9. The van der Waals surface area contributed by atoms with Crippen LogP contribution in [0.15, 0.2) is 24.3 Å². The van der Waals surface area contributed by atoms with Crippen molar-refractivity contribution in [3.05, 3.63) is 45.7 Å². The number of ether oxygens (including phenoxy) is 1. The first-order chi connectivity index (χ1) is 16.3. The lowest BCUT2D eigenvalue weighted by atomic mass is 9.96. The van der Waals surface area contributed by atoms with Crippen molar-refractivity contribution in [3.8, 4) is 0 Å². The largest absolute Gasteiger partial charge is 0.469 e. The fourth-order valence-electron chi connectivity index (χ4n) is 3.70. The Bertz CT molecular complexity index is 1080. The van der Waals surface area contributed by atoms with E-state index < -0.39 is 6.04 Å². The number of hydrogen-bond acceptors (Lipinski definition) is 9. The van der Waals surface area contributed by atoms with E-state index in [1.165, 1.54) is 7.11 Å². The van der Waals surface area contributed by atoms with Crippen LogP contribution in [0.2, 0.25) is 10.3 Å². The van der Waals surface area contributed by atoms with Crippen molar-refractivity contribution in [2.24, 2.45) is 0 Å². The minimum Gasteiger partial charge on any atom is -0.469 e. The number of aliphatic hydroxyl groups excluding tert-OH is 1. The van der Waals surface area contributed by atoms with Gasteiger partial charge in [0.1, 0.15) is 21.9 Å². The van der Waals surface area contributed by atoms with Gasteiger partial charge in [0.05, 0.1) is 19.2 Å². The number of Topliss-reactive ketones (excluding diaryl/α,β-unsaturated/α-hetero) is 2. The predicted molar refractivity (Wildman–Crippen MR) is 149 cm³/mol. The van der Waals surface area contributed by atoms with Crippen LogP contribution >= 0.6 is 50.2 Å². The van der Waals surface area contributed by atoms with E-state index in [0.717, 1.165) is 11.1 Å². The Morgan fingerprint density at radius 3 is 1.86 bits per heavy atom. The van der Waals surface area contributed by atoms with Gasteiger partial charge in [0.15, 0.2) is 11.6 Å². The van der Waals surface area contributed by atoms with E-state index >= 15 is 0 Å². The molecule has 0 saturated heterocycles. The molecule has 0 aromatic carbocycles. The number of ketones is 2. The first-order valence-corrected chi connectivity index (χ1v) is 11.6. The number of halogens is 2. The molecule has 198 valence electrons. The lowest BCUT2D eigenvalue weighted by Gasteiger charge is -2.24. The van der Waals surface area contributed by atoms with Crippen LogP contribution in [0.25, 0.3) is 0 Å². The van der Waals surface area contributed by atoms with Crippen molar-refractivity contribution in [1.29, 1.82) is 0 Å². The summed E-state index contributed by atoms with van der Waals surface area (Å²) in [6.07, 6.45) is 2.55. The summed E-state index contributed by atoms with van der Waals surface area (Å²) in [6, 6.07) is 6.30. The highest BCUT2D eigenvalue weighted by Crippen LogP contribution is 2.25. The molecule has 4 rings (SSSR count). The fourth-order valence-corrected chi connectivity index (χ4v) is 4.00. The second kappa shape index (κ2) is 15.3. The molecule has 13 heteroatoms. The number of methoxy groups -OCH3 is 1. The number of anilines is 2. The average Bonchev–Trinajstić information content (AvgIpc) is 2.82. The number of aliphatic hydroxyl groups is 1. The Morgan fingerprint density at radius 2 is 1.42 bits per heavy atom. The SMILES string of the molecule is COC(=O)CC[C@@H]1Nc2nc(Cl)ccc2CC1=O.O=C1Cc2ccc(Cl)nc2N[C@H]1CCCO.S.S. The summed E-state index contributed by atoms with van der Waals surface area (Å²) in [6.45, 7) is 0.0985. The van der Waals surface area contributed by atoms with Gasteiger partial charge in [0.25, 0.3) is 0 Å². The minimum atomic E-state index is -0.400. The average molecular weight is 578 g/mol. The molecule has 9 nitrogen and oxygen atoms in total. The quantitative estimate of drug-likeness (QED) is 0.350. The highest BCUT2D eigenvalue weighted by atomic mass is 35.5. The van der Waals surface area contributed by atoms with Crippen LogP contribution < -0.4 is 10.6 Å². The summed E-state index contributed by atoms with van der Waals surface area (Å²) in [4.78, 5) is 43.0. The molecule has 36 heavy (non-hydrogen) atoms. The van der Waals surface area contributed by atoms with E-state index in [0.29, 0.717) is 54.0 Å². The van der Waals surface area contributed by atoms with Gasteiger partial charge >= 0.3 is 5.97 Å². The number of nitrogens with one attached hydrogen (secondary N) is 2. The van der Waals surface area contributed by atoms with Gasteiger partial charge in [0.2, 0.25) is 0 Å². The Labute approximate surface area is 233 Å². The monoisotopic (exact) mass is 576 g/mol. The normalized spacial score (nSPS) is 17.4. The van der Waals surface area contributed by atoms with Crippen molar-refractivity contribution in [2.75, 3.05) is 24.4 Å². The smallest absolute Gasteiger partial charge is 0.305 e. The van der Waals surface area contributed by atoms with E-state index in [1.54, 1.807) is 18.2 Å². The number of hydrogen-bond donors (Lipinski definition) is 3. The minimum absolute atomic E-state index is 0. The van der Waals surface area contributed by atoms with Gasteiger partial charge < -0.3 is 20.5 Å². The van der Waals surface area contributed by atoms with E-state index in [1.807, 2.05) is 6.07 Å². The molecule has 0 radical (unpaired) electrons. The predicted octanol–water partition coefficient (Wildman–Crippen LogP) is 3.23. The standard InChI is InChI=1S/C12H13ClN2O3.C11H13ClN2O2.2H2S/c1-18-11(17)5-3-8-9(16)6-7-2-4-10(13)15-12(7)14-8;12-10-4-3-7-6-9(16)8(2-1-5-15)13-11(7)14-10;;/h2,4,8H,3,5-6H2,1H3,(H,14,15);3-4,8,15H,1-2,5-6H2,(H,13,14);2*1H2/t2*8-;;/m00../s1. The maximum Gasteiger partial charge on any atom is 0.305 e. The van der Waals surface area contributed by atoms with Gasteiger partial charge in [-0.3, -0.25) is 14.4 Å². The van der Waals surface area contributed by atoms with Gasteiger partial charge in [0, 0.05) is 37.0 Å². The first kappa shape index (κ1) is 32.0. The van der Waals surface area contributed by atoms with Crippen molar-refractivity contribution >= 4 is 79.4 Å². The second-order valence-corrected chi connectivity index (χ2v) is 8.72. The van der Waals surface area contributed by atoms with Crippen LogP contribution in [0.5, 0.6) is 0 Å². The van der Waals surface area contributed by atoms with Crippen LogP contribution in [-0.2, 0) is 32.0 Å². The van der Waals surface area contributed by atoms with E-state index in [2.05, 4.69) is 25.3 Å². The number of carbonyl (C=O) groups is 3. The van der Waals surface area contributed by atoms with Crippen LogP contribution in [0, 0.1) is 0 Å². The van der Waals surface area contributed by atoms with Crippen LogP contribution in [0.1, 0.15) is 36.8 Å². The summed E-state index contributed by atoms with van der Waals surface area (Å²) >= 11 is 11.6. The van der Waals surface area contributed by atoms with E-state index in [4.69, 9.17) is 28.3 Å². The molecule has 3 N–H and O–H groups in total. The molecule has 0 unspecified atom stereocenters. The molecule has 0 aliphatic carbocycles. The van der Waals surface area contributed by atoms with E-state index in [9.17, 15) is 14.4 Å². The Morgan fingerprint density at radius 1 is 0.944 bits per heavy atom. The summed E-state index contributed by atoms with van der Waals surface area (Å²) in [7, 11) is 1.33. The number of pyridine rings is 2. The lowest BCUT2D eigenvalue weighted by Crippen LogP contribution is -2.36. The Balaban J connectivity index is 0.000000343. The van der Waals surface area contributed by atoms with Gasteiger partial charge in [-0.1, -0.05) is 35.3 Å². The highest BCUT2D eigenvalue weighted by Gasteiger charge is 2.27. The Kier molecular flexibility index (Phi) is 13.6. The van der Waals surface area contributed by atoms with Crippen molar-refractivity contribution in [2.45, 2.75) is 50.6 Å². The van der Waals surface area contributed by atoms with Gasteiger partial charge in [-0.25, -0.2) is 9.97 Å².